The summed E-state index contributed by atoms with van der Waals surface area (Å²) >= 11 is 0. The van der Waals surface area contributed by atoms with Crippen LogP contribution in [0.2, 0.25) is 0 Å². The molecule has 1 N–H and O–H groups in total. The number of benzene rings is 1. The van der Waals surface area contributed by atoms with Gasteiger partial charge >= 0.3 is 0 Å². The molecule has 1 heterocycles. The van der Waals surface area contributed by atoms with Crippen molar-refractivity contribution < 1.29 is 9.53 Å². The van der Waals surface area contributed by atoms with Gasteiger partial charge in [-0.05, 0) is 50.4 Å². The van der Waals surface area contributed by atoms with Crippen LogP contribution in [0, 0.1) is 0 Å². The van der Waals surface area contributed by atoms with Crippen LogP contribution < -0.4 is 15.0 Å². The van der Waals surface area contributed by atoms with Gasteiger partial charge in [0.1, 0.15) is 5.75 Å². The van der Waals surface area contributed by atoms with Gasteiger partial charge in [-0.25, -0.2) is 0 Å². The van der Waals surface area contributed by atoms with Crippen molar-refractivity contribution in [1.29, 1.82) is 0 Å². The van der Waals surface area contributed by atoms with Crippen LogP contribution in [0.4, 0.5) is 5.69 Å². The zero-order chi connectivity index (χ0) is 13.4. The first kappa shape index (κ1) is 12.5. The largest absolute Gasteiger partial charge is 0.479 e. The summed E-state index contributed by atoms with van der Waals surface area (Å²) in [5.41, 5.74) is 2.12. The third-order valence-corrected chi connectivity index (χ3v) is 3.79. The van der Waals surface area contributed by atoms with Crippen molar-refractivity contribution in [2.45, 2.75) is 38.3 Å². The van der Waals surface area contributed by atoms with E-state index in [2.05, 4.69) is 17.4 Å². The van der Waals surface area contributed by atoms with Crippen molar-refractivity contribution in [3.8, 4) is 5.75 Å². The Morgan fingerprint density at radius 3 is 2.95 bits per heavy atom. The highest BCUT2D eigenvalue weighted by Gasteiger charge is 2.28. The lowest BCUT2D eigenvalue weighted by Gasteiger charge is -2.30. The zero-order valence-corrected chi connectivity index (χ0v) is 11.5. The van der Waals surface area contributed by atoms with Crippen molar-refractivity contribution in [1.82, 2.24) is 5.32 Å². The molecule has 2 aliphatic rings. The molecule has 0 radical (unpaired) electrons. The van der Waals surface area contributed by atoms with E-state index < -0.39 is 0 Å². The Balaban J connectivity index is 1.72. The van der Waals surface area contributed by atoms with E-state index in [4.69, 9.17) is 4.74 Å². The Morgan fingerprint density at radius 1 is 1.42 bits per heavy atom. The molecule has 4 heteroatoms. The lowest BCUT2D eigenvalue weighted by Crippen LogP contribution is -2.42. The molecule has 1 fully saturated rings. The first-order chi connectivity index (χ1) is 9.15. The molecule has 1 aromatic carbocycles. The smallest absolute Gasteiger partial charge is 0.267 e. The number of fused-ring (bicyclic) bond motifs is 1. The summed E-state index contributed by atoms with van der Waals surface area (Å²) < 4.78 is 5.62. The number of rotatable bonds is 4. The second-order valence-corrected chi connectivity index (χ2v) is 5.44. The summed E-state index contributed by atoms with van der Waals surface area (Å²) in [4.78, 5) is 13.6. The van der Waals surface area contributed by atoms with E-state index in [-0.39, 0.29) is 12.0 Å². The van der Waals surface area contributed by atoms with Crippen LogP contribution in [0.15, 0.2) is 18.2 Å². The Bertz CT molecular complexity index is 497. The number of hydrogen-bond acceptors (Lipinski definition) is 3. The summed E-state index contributed by atoms with van der Waals surface area (Å²) in [6.45, 7) is 2.79. The predicted molar refractivity (Wildman–Crippen MR) is 74.7 cm³/mol. The molecule has 1 aliphatic heterocycles. The maximum absolute atomic E-state index is 11.9. The van der Waals surface area contributed by atoms with E-state index in [0.29, 0.717) is 0 Å². The van der Waals surface area contributed by atoms with Gasteiger partial charge in [-0.1, -0.05) is 6.07 Å². The number of anilines is 1. The topological polar surface area (TPSA) is 41.6 Å². The highest BCUT2D eigenvalue weighted by atomic mass is 16.5. The Hall–Kier alpha value is -1.55. The standard InChI is InChI=1S/C15H20N2O2/c1-10-15(18)17(2)13-9-11(3-6-14(13)19-10)7-8-16-12-4-5-12/h3,6,9-10,12,16H,4-5,7-8H2,1-2H3. The molecule has 1 saturated carbocycles. The van der Waals surface area contributed by atoms with Crippen molar-refractivity contribution in [2.24, 2.45) is 0 Å². The molecule has 0 spiro atoms. The van der Waals surface area contributed by atoms with Gasteiger partial charge in [0, 0.05) is 13.1 Å². The van der Waals surface area contributed by atoms with Gasteiger partial charge in [-0.15, -0.1) is 0 Å². The maximum atomic E-state index is 11.9. The SMILES string of the molecule is CC1Oc2ccc(CCNC3CC3)cc2N(C)C1=O. The van der Waals surface area contributed by atoms with E-state index in [0.717, 1.165) is 30.4 Å². The van der Waals surface area contributed by atoms with Crippen LogP contribution in [0.5, 0.6) is 5.75 Å². The number of carbonyl (C=O) groups is 1. The van der Waals surface area contributed by atoms with Crippen LogP contribution in [-0.2, 0) is 11.2 Å². The summed E-state index contributed by atoms with van der Waals surface area (Å²) in [6.07, 6.45) is 3.22. The predicted octanol–water partition coefficient (Wildman–Crippen LogP) is 1.72. The summed E-state index contributed by atoms with van der Waals surface area (Å²) in [6, 6.07) is 6.87. The third-order valence-electron chi connectivity index (χ3n) is 3.79. The molecule has 0 bridgehead atoms. The molecule has 102 valence electrons. The number of hydrogen-bond donors (Lipinski definition) is 1. The van der Waals surface area contributed by atoms with Gasteiger partial charge in [-0.2, -0.15) is 0 Å². The minimum absolute atomic E-state index is 0.0146. The van der Waals surface area contributed by atoms with Crippen LogP contribution in [0.1, 0.15) is 25.3 Å². The van der Waals surface area contributed by atoms with Crippen molar-refractivity contribution in [2.75, 3.05) is 18.5 Å². The first-order valence-electron chi connectivity index (χ1n) is 6.95. The number of amides is 1. The molecule has 1 unspecified atom stereocenters. The monoisotopic (exact) mass is 260 g/mol. The zero-order valence-electron chi connectivity index (χ0n) is 11.5. The van der Waals surface area contributed by atoms with Gasteiger partial charge in [0.2, 0.25) is 0 Å². The molecular formula is C15H20N2O2. The van der Waals surface area contributed by atoms with Gasteiger partial charge in [-0.3, -0.25) is 4.79 Å². The van der Waals surface area contributed by atoms with E-state index in [1.807, 2.05) is 13.1 Å². The Kier molecular flexibility index (Phi) is 3.19. The molecule has 4 nitrogen and oxygen atoms in total. The first-order valence-corrected chi connectivity index (χ1v) is 6.95. The molecule has 0 saturated heterocycles. The highest BCUT2D eigenvalue weighted by Crippen LogP contribution is 2.34. The molecular weight excluding hydrogens is 240 g/mol. The molecule has 1 atom stereocenters. The molecule has 0 aromatic heterocycles. The van der Waals surface area contributed by atoms with Gasteiger partial charge in [0.25, 0.3) is 5.91 Å². The average molecular weight is 260 g/mol. The second-order valence-electron chi connectivity index (χ2n) is 5.44. The fraction of sp³-hybridized carbons (Fsp3) is 0.533. The van der Waals surface area contributed by atoms with Gasteiger partial charge in [0.05, 0.1) is 5.69 Å². The fourth-order valence-electron chi connectivity index (χ4n) is 2.42. The number of likely N-dealkylation sites (N-methyl/N-ethyl adjacent to an activating group) is 1. The van der Waals surface area contributed by atoms with Crippen molar-refractivity contribution >= 4 is 11.6 Å². The van der Waals surface area contributed by atoms with Crippen LogP contribution in [0.3, 0.4) is 0 Å². The minimum atomic E-state index is -0.389. The number of nitrogens with zero attached hydrogens (tertiary/aromatic N) is 1. The van der Waals surface area contributed by atoms with E-state index in [1.165, 1.54) is 18.4 Å². The Labute approximate surface area is 113 Å². The number of nitrogens with one attached hydrogen (secondary N) is 1. The van der Waals surface area contributed by atoms with Crippen molar-refractivity contribution in [3.05, 3.63) is 23.8 Å². The lowest BCUT2D eigenvalue weighted by atomic mass is 10.1. The van der Waals surface area contributed by atoms with Gasteiger partial charge in [0.15, 0.2) is 6.10 Å². The maximum Gasteiger partial charge on any atom is 0.267 e. The Morgan fingerprint density at radius 2 is 2.21 bits per heavy atom. The summed E-state index contributed by atoms with van der Waals surface area (Å²) in [7, 11) is 1.81. The van der Waals surface area contributed by atoms with Crippen LogP contribution in [0.25, 0.3) is 0 Å². The number of carbonyl (C=O) groups excluding carboxylic acids is 1. The number of ether oxygens (including phenoxy) is 1. The summed E-state index contributed by atoms with van der Waals surface area (Å²) in [5, 5.41) is 3.50. The van der Waals surface area contributed by atoms with Crippen LogP contribution in [-0.4, -0.2) is 31.6 Å². The second kappa shape index (κ2) is 4.85. The quantitative estimate of drug-likeness (QED) is 0.896. The molecule has 19 heavy (non-hydrogen) atoms. The van der Waals surface area contributed by atoms with E-state index in [1.54, 1.807) is 11.8 Å². The fourth-order valence-corrected chi connectivity index (χ4v) is 2.42. The normalized spacial score (nSPS) is 22.1. The highest BCUT2D eigenvalue weighted by molar-refractivity contribution is 5.99. The average Bonchev–Trinajstić information content (AvgIpc) is 3.21. The molecule has 3 rings (SSSR count). The van der Waals surface area contributed by atoms with E-state index in [9.17, 15) is 4.79 Å². The van der Waals surface area contributed by atoms with Crippen molar-refractivity contribution in [3.63, 3.8) is 0 Å². The van der Waals surface area contributed by atoms with Gasteiger partial charge < -0.3 is 15.0 Å². The summed E-state index contributed by atoms with van der Waals surface area (Å²) in [5.74, 6) is 0.814. The van der Waals surface area contributed by atoms with Crippen LogP contribution >= 0.6 is 0 Å². The molecule has 1 aliphatic carbocycles. The lowest BCUT2D eigenvalue weighted by molar-refractivity contribution is -0.125. The molecule has 1 amide bonds. The van der Waals surface area contributed by atoms with E-state index >= 15 is 0 Å². The third kappa shape index (κ3) is 2.59. The molecule has 1 aromatic rings. The minimum Gasteiger partial charge on any atom is -0.479 e.